The molecular weight excluding hydrogens is 312 g/mol. The molecule has 4 atom stereocenters. The molecule has 0 heteroatoms. The maximum absolute atomic E-state index is 4.75. The van der Waals surface area contributed by atoms with Gasteiger partial charge in [-0.2, -0.15) is 0 Å². The summed E-state index contributed by atoms with van der Waals surface area (Å²) in [7, 11) is 0. The first kappa shape index (κ1) is 13.8. The molecule has 0 saturated heterocycles. The van der Waals surface area contributed by atoms with E-state index in [2.05, 4.69) is 0 Å². The van der Waals surface area contributed by atoms with Crippen molar-refractivity contribution in [2.45, 2.75) is 77.0 Å². The lowest BCUT2D eigenvalue weighted by atomic mass is 9.84. The zero-order valence-electron chi connectivity index (χ0n) is 15.9. The van der Waals surface area contributed by atoms with E-state index < -0.39 is 0 Å². The minimum atomic E-state index is 0.411. The molecule has 0 aromatic rings. The molecule has 4 saturated carbocycles. The van der Waals surface area contributed by atoms with Crippen molar-refractivity contribution < 1.29 is 0 Å². The van der Waals surface area contributed by atoms with Crippen molar-refractivity contribution in [2.75, 3.05) is 0 Å². The Bertz CT molecular complexity index is 915. The first-order valence-corrected chi connectivity index (χ1v) is 11.3. The van der Waals surface area contributed by atoms with Crippen LogP contribution in [-0.2, 0) is 0 Å². The van der Waals surface area contributed by atoms with Gasteiger partial charge in [0.05, 0.1) is 0 Å². The van der Waals surface area contributed by atoms with E-state index in [0.717, 1.165) is 0 Å². The molecule has 4 fully saturated rings. The molecule has 0 aromatic carbocycles. The molecule has 0 amide bonds. The highest BCUT2D eigenvalue weighted by Gasteiger charge is 2.89. The van der Waals surface area contributed by atoms with Gasteiger partial charge in [-0.15, -0.1) is 0 Å². The van der Waals surface area contributed by atoms with Crippen LogP contribution in [0.2, 0.25) is 0 Å². The fourth-order valence-electron chi connectivity index (χ4n) is 10.3. The first-order valence-electron chi connectivity index (χ1n) is 11.3. The normalized spacial score (nSPS) is 54.6. The van der Waals surface area contributed by atoms with Gasteiger partial charge in [0.25, 0.3) is 0 Å². The van der Waals surface area contributed by atoms with Gasteiger partial charge in [-0.3, -0.25) is 0 Å². The van der Waals surface area contributed by atoms with Crippen LogP contribution in [0.3, 0.4) is 0 Å². The van der Waals surface area contributed by atoms with Crippen LogP contribution in [0.5, 0.6) is 0 Å². The van der Waals surface area contributed by atoms with E-state index in [1.807, 2.05) is 22.3 Å². The van der Waals surface area contributed by atoms with Crippen molar-refractivity contribution in [1.29, 1.82) is 0 Å². The average Bonchev–Trinajstić information content (AvgIpc) is 3.20. The summed E-state index contributed by atoms with van der Waals surface area (Å²) < 4.78 is 0. The van der Waals surface area contributed by atoms with Gasteiger partial charge in [-0.05, 0) is 97.6 Å². The standard InChI is InChI=1S/C26H28/c1-15-17-7-3-9-19(17)25-13-5-11-23(15,25)21(25)22-24-12-6-14-26(22,24)20-10-4-8-18(20)16(24)2/h1-14H2/b22-21+. The second-order valence-corrected chi connectivity index (χ2v) is 10.7. The molecule has 0 nitrogen and oxygen atoms in total. The number of rotatable bonds is 0. The Morgan fingerprint density at radius 2 is 0.923 bits per heavy atom. The molecule has 0 bridgehead atoms. The van der Waals surface area contributed by atoms with Gasteiger partial charge in [-0.25, -0.2) is 0 Å². The van der Waals surface area contributed by atoms with Crippen molar-refractivity contribution in [2.24, 2.45) is 21.7 Å². The highest BCUT2D eigenvalue weighted by atomic mass is 14.9. The number of allylic oxidation sites excluding steroid dienone is 8. The summed E-state index contributed by atoms with van der Waals surface area (Å²) in [4.78, 5) is 0. The number of hydrogen-bond donors (Lipinski definition) is 0. The van der Waals surface area contributed by atoms with Gasteiger partial charge in [0.1, 0.15) is 0 Å². The van der Waals surface area contributed by atoms with Gasteiger partial charge in [-0.1, -0.05) is 37.1 Å². The zero-order valence-corrected chi connectivity index (χ0v) is 15.9. The molecule has 0 heterocycles. The largest absolute Gasteiger partial charge is 0.0946 e. The Kier molecular flexibility index (Phi) is 1.88. The van der Waals surface area contributed by atoms with E-state index in [0.29, 0.717) is 21.7 Å². The lowest BCUT2D eigenvalue weighted by Gasteiger charge is -2.20. The molecule has 0 spiro atoms. The summed E-state index contributed by atoms with van der Waals surface area (Å²) in [5.41, 5.74) is 16.1. The molecule has 26 heavy (non-hydrogen) atoms. The van der Waals surface area contributed by atoms with E-state index in [-0.39, 0.29) is 0 Å². The molecule has 0 aromatic heterocycles. The van der Waals surface area contributed by atoms with Gasteiger partial charge in [0.15, 0.2) is 0 Å². The Morgan fingerprint density at radius 3 is 1.38 bits per heavy atom. The molecule has 8 aliphatic rings. The summed E-state index contributed by atoms with van der Waals surface area (Å²) in [5.74, 6) is 0. The van der Waals surface area contributed by atoms with E-state index in [9.17, 15) is 0 Å². The van der Waals surface area contributed by atoms with Crippen molar-refractivity contribution >= 4 is 0 Å². The zero-order chi connectivity index (χ0) is 17.1. The third-order valence-corrected chi connectivity index (χ3v) is 10.7. The van der Waals surface area contributed by atoms with E-state index >= 15 is 0 Å². The Hall–Kier alpha value is -1.30. The molecule has 0 aliphatic heterocycles. The quantitative estimate of drug-likeness (QED) is 0.429. The molecule has 0 N–H and O–H groups in total. The number of hydrogen-bond acceptors (Lipinski definition) is 0. The van der Waals surface area contributed by atoms with Crippen LogP contribution in [0.15, 0.2) is 57.7 Å². The molecule has 0 radical (unpaired) electrons. The predicted octanol–water partition coefficient (Wildman–Crippen LogP) is 6.72. The first-order chi connectivity index (χ1) is 12.7. The van der Waals surface area contributed by atoms with Crippen molar-refractivity contribution in [3.63, 3.8) is 0 Å². The van der Waals surface area contributed by atoms with Crippen LogP contribution >= 0.6 is 0 Å². The average molecular weight is 341 g/mol. The van der Waals surface area contributed by atoms with Crippen molar-refractivity contribution in [1.82, 2.24) is 0 Å². The minimum absolute atomic E-state index is 0.411. The third-order valence-electron chi connectivity index (χ3n) is 10.7. The summed E-state index contributed by atoms with van der Waals surface area (Å²) in [6.07, 6.45) is 16.8. The van der Waals surface area contributed by atoms with Crippen LogP contribution in [0, 0.1) is 21.7 Å². The minimum Gasteiger partial charge on any atom is -0.0946 e. The third kappa shape index (κ3) is 0.905. The van der Waals surface area contributed by atoms with E-state index in [4.69, 9.17) is 13.2 Å². The summed E-state index contributed by atoms with van der Waals surface area (Å²) in [5, 5.41) is 0. The summed E-state index contributed by atoms with van der Waals surface area (Å²) in [6, 6.07) is 0. The van der Waals surface area contributed by atoms with Crippen LogP contribution in [0.25, 0.3) is 0 Å². The fraction of sp³-hybridized carbons (Fsp3) is 0.615. The van der Waals surface area contributed by atoms with Crippen LogP contribution in [0.4, 0.5) is 0 Å². The monoisotopic (exact) mass is 340 g/mol. The summed E-state index contributed by atoms with van der Waals surface area (Å²) in [6.45, 7) is 9.50. The van der Waals surface area contributed by atoms with Gasteiger partial charge in [0.2, 0.25) is 0 Å². The highest BCUT2D eigenvalue weighted by molar-refractivity contribution is 5.84. The van der Waals surface area contributed by atoms with Gasteiger partial charge < -0.3 is 0 Å². The second kappa shape index (κ2) is 3.54. The molecule has 8 aliphatic carbocycles. The molecule has 8 rings (SSSR count). The second-order valence-electron chi connectivity index (χ2n) is 10.7. The Labute approximate surface area is 156 Å². The van der Waals surface area contributed by atoms with Crippen LogP contribution in [-0.4, -0.2) is 0 Å². The smallest absolute Gasteiger partial charge is 0.0302 e. The van der Waals surface area contributed by atoms with Crippen molar-refractivity contribution in [3.8, 4) is 0 Å². The van der Waals surface area contributed by atoms with Gasteiger partial charge >= 0.3 is 0 Å². The molecule has 132 valence electrons. The van der Waals surface area contributed by atoms with Crippen LogP contribution < -0.4 is 0 Å². The maximum atomic E-state index is 4.75. The van der Waals surface area contributed by atoms with Gasteiger partial charge in [0, 0.05) is 21.7 Å². The highest BCUT2D eigenvalue weighted by Crippen LogP contribution is 2.98. The van der Waals surface area contributed by atoms with Crippen molar-refractivity contribution in [3.05, 3.63) is 57.7 Å². The lowest BCUT2D eigenvalue weighted by molar-refractivity contribution is 0.521. The lowest BCUT2D eigenvalue weighted by Crippen LogP contribution is -2.06. The topological polar surface area (TPSA) is 0 Å². The Balaban J connectivity index is 1.43. The van der Waals surface area contributed by atoms with E-state index in [1.54, 1.807) is 22.3 Å². The maximum Gasteiger partial charge on any atom is 0.0302 e. The predicted molar refractivity (Wildman–Crippen MR) is 104 cm³/mol. The molecular formula is C26H28. The fourth-order valence-corrected chi connectivity index (χ4v) is 10.3. The summed E-state index contributed by atoms with van der Waals surface area (Å²) >= 11 is 0. The SMILES string of the molecule is C=C1C2=C(CCC2)C23CCCC12/C3=C1/C23CCCC12C1=C(CCC1)C3=C. The van der Waals surface area contributed by atoms with Crippen LogP contribution in [0.1, 0.15) is 77.0 Å². The molecule has 4 unspecified atom stereocenters. The Morgan fingerprint density at radius 1 is 0.500 bits per heavy atom. The van der Waals surface area contributed by atoms with E-state index in [1.165, 1.54) is 77.0 Å².